The number of carbonyl (C=O) groups is 3. The van der Waals surface area contributed by atoms with E-state index in [1.807, 2.05) is 30.3 Å². The molecule has 0 fully saturated rings. The molecule has 0 heterocycles. The lowest BCUT2D eigenvalue weighted by Gasteiger charge is -2.12. The molecule has 0 atom stereocenters. The Kier molecular flexibility index (Phi) is 7.83. The molecule has 0 aromatic heterocycles. The first-order valence-electron chi connectivity index (χ1n) is 8.50. The average Bonchev–Trinajstić information content (AvgIpc) is 2.71. The summed E-state index contributed by atoms with van der Waals surface area (Å²) in [4.78, 5) is 35.5. The normalized spacial score (nSPS) is 9.93. The number of anilines is 1. The summed E-state index contributed by atoms with van der Waals surface area (Å²) < 4.78 is 15.1. The molecule has 2 N–H and O–H groups in total. The molecule has 2 amide bonds. The number of nitrogens with one attached hydrogen (secondary N) is 2. The molecule has 0 aliphatic heterocycles. The number of ether oxygens (including phenoxy) is 3. The number of amides is 2. The molecular weight excluding hydrogens is 364 g/mol. The number of methoxy groups -OCH3 is 2. The van der Waals surface area contributed by atoms with Gasteiger partial charge in [0.1, 0.15) is 18.0 Å². The molecule has 2 aromatic carbocycles. The maximum Gasteiger partial charge on any atom is 0.325 e. The van der Waals surface area contributed by atoms with Crippen LogP contribution in [0.2, 0.25) is 0 Å². The number of benzene rings is 2. The molecule has 0 saturated heterocycles. The van der Waals surface area contributed by atoms with Crippen LogP contribution >= 0.6 is 0 Å². The van der Waals surface area contributed by atoms with Crippen molar-refractivity contribution in [3.05, 3.63) is 54.1 Å². The van der Waals surface area contributed by atoms with Gasteiger partial charge in [-0.05, 0) is 17.7 Å². The van der Waals surface area contributed by atoms with Crippen LogP contribution in [0, 0.1) is 0 Å². The first-order chi connectivity index (χ1) is 13.5. The smallest absolute Gasteiger partial charge is 0.325 e. The van der Waals surface area contributed by atoms with Crippen LogP contribution in [0.5, 0.6) is 11.5 Å². The minimum absolute atomic E-state index is 0.159. The number of carbonyl (C=O) groups excluding carboxylic acids is 3. The molecule has 2 rings (SSSR count). The van der Waals surface area contributed by atoms with E-state index in [4.69, 9.17) is 14.2 Å². The first-order valence-corrected chi connectivity index (χ1v) is 8.50. The maximum absolute atomic E-state index is 12.0. The Balaban J connectivity index is 1.73. The molecule has 148 valence electrons. The second-order valence-corrected chi connectivity index (χ2v) is 5.71. The van der Waals surface area contributed by atoms with Gasteiger partial charge >= 0.3 is 5.97 Å². The topological polar surface area (TPSA) is 103 Å². The highest BCUT2D eigenvalue weighted by Gasteiger charge is 2.12. The van der Waals surface area contributed by atoms with E-state index < -0.39 is 18.5 Å². The van der Waals surface area contributed by atoms with Crippen molar-refractivity contribution in [2.24, 2.45) is 0 Å². The summed E-state index contributed by atoms with van der Waals surface area (Å²) in [5, 5.41) is 5.04. The zero-order valence-corrected chi connectivity index (χ0v) is 15.7. The van der Waals surface area contributed by atoms with Crippen LogP contribution in [0.4, 0.5) is 5.69 Å². The monoisotopic (exact) mass is 386 g/mol. The van der Waals surface area contributed by atoms with E-state index in [2.05, 4.69) is 10.6 Å². The lowest BCUT2D eigenvalue weighted by Crippen LogP contribution is -2.33. The third-order valence-electron chi connectivity index (χ3n) is 3.68. The van der Waals surface area contributed by atoms with Gasteiger partial charge in [0.05, 0.1) is 26.3 Å². The molecule has 0 unspecified atom stereocenters. The van der Waals surface area contributed by atoms with Crippen molar-refractivity contribution in [2.75, 3.05) is 32.7 Å². The molecule has 8 heteroatoms. The lowest BCUT2D eigenvalue weighted by molar-refractivity contribution is -0.147. The fourth-order valence-corrected chi connectivity index (χ4v) is 2.30. The highest BCUT2D eigenvalue weighted by molar-refractivity contribution is 5.94. The highest BCUT2D eigenvalue weighted by Crippen LogP contribution is 2.28. The average molecular weight is 386 g/mol. The van der Waals surface area contributed by atoms with Gasteiger partial charge in [-0.15, -0.1) is 0 Å². The molecule has 0 spiro atoms. The molecule has 2 aromatic rings. The summed E-state index contributed by atoms with van der Waals surface area (Å²) in [7, 11) is 2.98. The van der Waals surface area contributed by atoms with Gasteiger partial charge in [-0.1, -0.05) is 30.3 Å². The Morgan fingerprint density at radius 2 is 1.68 bits per heavy atom. The van der Waals surface area contributed by atoms with Crippen LogP contribution in [0.1, 0.15) is 5.56 Å². The van der Waals surface area contributed by atoms with Gasteiger partial charge in [0.25, 0.3) is 5.91 Å². The molecule has 28 heavy (non-hydrogen) atoms. The van der Waals surface area contributed by atoms with Crippen molar-refractivity contribution in [1.82, 2.24) is 5.32 Å². The molecule has 0 bridgehead atoms. The maximum atomic E-state index is 12.0. The Labute approximate surface area is 162 Å². The van der Waals surface area contributed by atoms with Gasteiger partial charge in [0.15, 0.2) is 6.61 Å². The van der Waals surface area contributed by atoms with Crippen LogP contribution in [-0.2, 0) is 25.5 Å². The van der Waals surface area contributed by atoms with E-state index in [0.717, 1.165) is 5.56 Å². The second kappa shape index (κ2) is 10.6. The Hall–Kier alpha value is -3.55. The van der Waals surface area contributed by atoms with Gasteiger partial charge in [-0.3, -0.25) is 14.4 Å². The molecule has 0 aliphatic rings. The highest BCUT2D eigenvalue weighted by atomic mass is 16.5. The predicted octanol–water partition coefficient (Wildman–Crippen LogP) is 1.54. The Morgan fingerprint density at radius 1 is 0.929 bits per heavy atom. The zero-order valence-electron chi connectivity index (χ0n) is 15.7. The van der Waals surface area contributed by atoms with E-state index in [9.17, 15) is 14.4 Å². The third kappa shape index (κ3) is 6.64. The van der Waals surface area contributed by atoms with Crippen LogP contribution in [-0.4, -0.2) is 45.2 Å². The van der Waals surface area contributed by atoms with Gasteiger partial charge < -0.3 is 24.8 Å². The van der Waals surface area contributed by atoms with Crippen molar-refractivity contribution in [1.29, 1.82) is 0 Å². The van der Waals surface area contributed by atoms with E-state index in [1.54, 1.807) is 18.2 Å². The van der Waals surface area contributed by atoms with E-state index in [1.165, 1.54) is 14.2 Å². The zero-order chi connectivity index (χ0) is 20.4. The van der Waals surface area contributed by atoms with Crippen molar-refractivity contribution in [3.63, 3.8) is 0 Å². The molecule has 8 nitrogen and oxygen atoms in total. The number of esters is 1. The van der Waals surface area contributed by atoms with Gasteiger partial charge in [0, 0.05) is 6.07 Å². The molecule has 0 saturated carbocycles. The third-order valence-corrected chi connectivity index (χ3v) is 3.68. The second-order valence-electron chi connectivity index (χ2n) is 5.71. The molecular formula is C20H22N2O6. The van der Waals surface area contributed by atoms with E-state index in [0.29, 0.717) is 17.2 Å². The summed E-state index contributed by atoms with van der Waals surface area (Å²) in [6.45, 7) is -0.798. The molecule has 0 radical (unpaired) electrons. The summed E-state index contributed by atoms with van der Waals surface area (Å²) in [6, 6.07) is 14.0. The summed E-state index contributed by atoms with van der Waals surface area (Å²) >= 11 is 0. The van der Waals surface area contributed by atoms with Crippen molar-refractivity contribution in [2.45, 2.75) is 6.42 Å². The largest absolute Gasteiger partial charge is 0.497 e. The summed E-state index contributed by atoms with van der Waals surface area (Å²) in [5.74, 6) is -0.569. The summed E-state index contributed by atoms with van der Waals surface area (Å²) in [6.07, 6.45) is 0.159. The van der Waals surface area contributed by atoms with Crippen LogP contribution in [0.25, 0.3) is 0 Å². The summed E-state index contributed by atoms with van der Waals surface area (Å²) in [5.41, 5.74) is 1.25. The van der Waals surface area contributed by atoms with Gasteiger partial charge in [-0.25, -0.2) is 0 Å². The predicted molar refractivity (Wildman–Crippen MR) is 102 cm³/mol. The van der Waals surface area contributed by atoms with Gasteiger partial charge in [-0.2, -0.15) is 0 Å². The Morgan fingerprint density at radius 3 is 2.36 bits per heavy atom. The van der Waals surface area contributed by atoms with Crippen LogP contribution in [0.15, 0.2) is 48.5 Å². The van der Waals surface area contributed by atoms with E-state index in [-0.39, 0.29) is 18.9 Å². The number of rotatable bonds is 9. The number of hydrogen-bond acceptors (Lipinski definition) is 6. The fraction of sp³-hybridized carbons (Fsp3) is 0.250. The number of hydrogen-bond donors (Lipinski definition) is 2. The van der Waals surface area contributed by atoms with Gasteiger partial charge in [0.2, 0.25) is 5.91 Å². The Bertz CT molecular complexity index is 823. The van der Waals surface area contributed by atoms with Crippen LogP contribution in [0.3, 0.4) is 0 Å². The van der Waals surface area contributed by atoms with Crippen molar-refractivity contribution >= 4 is 23.5 Å². The SMILES string of the molecule is COc1ccc(NC(=O)COC(=O)CNC(=O)Cc2ccccc2)c(OC)c1. The fourth-order valence-electron chi connectivity index (χ4n) is 2.30. The lowest BCUT2D eigenvalue weighted by atomic mass is 10.1. The van der Waals surface area contributed by atoms with Crippen molar-refractivity contribution in [3.8, 4) is 11.5 Å². The van der Waals surface area contributed by atoms with Crippen LogP contribution < -0.4 is 20.1 Å². The standard InChI is InChI=1S/C20H22N2O6/c1-26-15-8-9-16(17(11-15)27-2)22-19(24)13-28-20(25)12-21-18(23)10-14-6-4-3-5-7-14/h3-9,11H,10,12-13H2,1-2H3,(H,21,23)(H,22,24). The van der Waals surface area contributed by atoms with E-state index >= 15 is 0 Å². The molecule has 0 aliphatic carbocycles. The first kappa shape index (κ1) is 20.8. The quantitative estimate of drug-likeness (QED) is 0.634. The van der Waals surface area contributed by atoms with Crippen molar-refractivity contribution < 1.29 is 28.6 Å². The minimum atomic E-state index is -0.710. The minimum Gasteiger partial charge on any atom is -0.497 e.